The molecule has 1 aliphatic heterocycles. The highest BCUT2D eigenvalue weighted by Crippen LogP contribution is 2.39. The number of alkyl carbamates (subject to hydrolysis) is 1. The molecular formula is C20H40N2O5Si. The second kappa shape index (κ2) is 10.5. The van der Waals surface area contributed by atoms with Crippen LogP contribution < -0.4 is 10.6 Å². The van der Waals surface area contributed by atoms with E-state index in [0.717, 1.165) is 19.4 Å². The minimum atomic E-state index is -1.40. The van der Waals surface area contributed by atoms with E-state index in [0.29, 0.717) is 31.1 Å². The maximum atomic E-state index is 12.3. The van der Waals surface area contributed by atoms with E-state index in [9.17, 15) is 14.7 Å². The van der Waals surface area contributed by atoms with Crippen LogP contribution in [0.15, 0.2) is 0 Å². The first-order valence-corrected chi connectivity index (χ1v) is 13.9. The van der Waals surface area contributed by atoms with Crippen molar-refractivity contribution in [2.24, 2.45) is 17.3 Å². The van der Waals surface area contributed by atoms with Gasteiger partial charge in [-0.2, -0.15) is 0 Å². The van der Waals surface area contributed by atoms with Crippen LogP contribution in [0.1, 0.15) is 47.0 Å². The van der Waals surface area contributed by atoms with Gasteiger partial charge in [0.15, 0.2) is 0 Å². The molecule has 2 unspecified atom stereocenters. The number of carbonyl (C=O) groups excluding carboxylic acids is 1. The van der Waals surface area contributed by atoms with E-state index in [-0.39, 0.29) is 11.3 Å². The van der Waals surface area contributed by atoms with Crippen molar-refractivity contribution < 1.29 is 24.2 Å². The first-order chi connectivity index (χ1) is 12.8. The lowest BCUT2D eigenvalue weighted by Gasteiger charge is -2.40. The highest BCUT2D eigenvalue weighted by molar-refractivity contribution is 6.77. The molecule has 164 valence electrons. The van der Waals surface area contributed by atoms with Gasteiger partial charge in [-0.25, -0.2) is 9.59 Å². The van der Waals surface area contributed by atoms with Gasteiger partial charge < -0.3 is 25.2 Å². The minimum absolute atomic E-state index is 0.0399. The van der Waals surface area contributed by atoms with E-state index in [1.165, 1.54) is 0 Å². The van der Waals surface area contributed by atoms with Crippen molar-refractivity contribution in [3.63, 3.8) is 0 Å². The molecular weight excluding hydrogens is 376 g/mol. The van der Waals surface area contributed by atoms with Crippen LogP contribution in [-0.2, 0) is 9.47 Å². The first-order valence-electron chi connectivity index (χ1n) is 10.3. The summed E-state index contributed by atoms with van der Waals surface area (Å²) in [5.41, 5.74) is 0.285. The van der Waals surface area contributed by atoms with Gasteiger partial charge in [0.25, 0.3) is 0 Å². The van der Waals surface area contributed by atoms with Gasteiger partial charge in [-0.3, -0.25) is 0 Å². The summed E-state index contributed by atoms with van der Waals surface area (Å²) in [5.74, 6) is 0.544. The summed E-state index contributed by atoms with van der Waals surface area (Å²) in [6.45, 7) is 17.0. The Morgan fingerprint density at radius 1 is 1.25 bits per heavy atom. The Balaban J connectivity index is 2.76. The molecule has 0 radical (unpaired) electrons. The Morgan fingerprint density at radius 2 is 1.89 bits per heavy atom. The number of carboxylic acid groups (broad SMARTS) is 1. The zero-order valence-electron chi connectivity index (χ0n) is 18.6. The molecule has 1 fully saturated rings. The quantitative estimate of drug-likeness (QED) is 0.399. The molecule has 28 heavy (non-hydrogen) atoms. The van der Waals surface area contributed by atoms with Crippen LogP contribution >= 0.6 is 0 Å². The Bertz CT molecular complexity index is 510. The fourth-order valence-electron chi connectivity index (χ4n) is 3.53. The number of ether oxygens (including phenoxy) is 2. The van der Waals surface area contributed by atoms with Gasteiger partial charge in [-0.05, 0) is 42.1 Å². The van der Waals surface area contributed by atoms with Gasteiger partial charge >= 0.3 is 12.2 Å². The van der Waals surface area contributed by atoms with Gasteiger partial charge in [0.1, 0.15) is 6.17 Å². The lowest BCUT2D eigenvalue weighted by Crippen LogP contribution is -2.51. The fourth-order valence-corrected chi connectivity index (χ4v) is 4.11. The van der Waals surface area contributed by atoms with E-state index in [1.54, 1.807) is 0 Å². The second-order valence-electron chi connectivity index (χ2n) is 10.2. The average Bonchev–Trinajstić information content (AvgIpc) is 2.55. The molecule has 0 bridgehead atoms. The molecule has 1 heterocycles. The van der Waals surface area contributed by atoms with Crippen molar-refractivity contribution in [2.45, 2.75) is 78.3 Å². The van der Waals surface area contributed by atoms with E-state index in [4.69, 9.17) is 9.47 Å². The maximum absolute atomic E-state index is 12.3. The highest BCUT2D eigenvalue weighted by Gasteiger charge is 2.36. The number of rotatable bonds is 8. The zero-order chi connectivity index (χ0) is 21.5. The maximum Gasteiger partial charge on any atom is 0.408 e. The van der Waals surface area contributed by atoms with Crippen LogP contribution in [0.3, 0.4) is 0 Å². The average molecular weight is 417 g/mol. The predicted molar refractivity (Wildman–Crippen MR) is 113 cm³/mol. The molecule has 7 nitrogen and oxygen atoms in total. The molecule has 3 N–H and O–H groups in total. The molecule has 8 heteroatoms. The summed E-state index contributed by atoms with van der Waals surface area (Å²) in [6, 6.07) is 0. The van der Waals surface area contributed by atoms with E-state index in [1.807, 2.05) is 0 Å². The van der Waals surface area contributed by atoms with E-state index < -0.39 is 26.4 Å². The summed E-state index contributed by atoms with van der Waals surface area (Å²) in [5, 5.41) is 14.4. The van der Waals surface area contributed by atoms with Gasteiger partial charge in [0.05, 0.1) is 14.7 Å². The van der Waals surface area contributed by atoms with Crippen LogP contribution in [0.4, 0.5) is 9.59 Å². The van der Waals surface area contributed by atoms with E-state index >= 15 is 0 Å². The van der Waals surface area contributed by atoms with Crippen LogP contribution in [0.25, 0.3) is 0 Å². The third-order valence-corrected chi connectivity index (χ3v) is 9.02. The largest absolute Gasteiger partial charge is 0.465 e. The molecule has 1 aliphatic rings. The third-order valence-electron chi connectivity index (χ3n) is 5.90. The Morgan fingerprint density at radius 3 is 2.36 bits per heavy atom. The van der Waals surface area contributed by atoms with Gasteiger partial charge in [0, 0.05) is 13.2 Å². The molecule has 1 saturated heterocycles. The summed E-state index contributed by atoms with van der Waals surface area (Å²) in [6.07, 6.45) is 0.142. The molecule has 2 amide bonds. The van der Waals surface area contributed by atoms with Crippen molar-refractivity contribution in [1.82, 2.24) is 10.6 Å². The number of hydrogen-bond acceptors (Lipinski definition) is 4. The lowest BCUT2D eigenvalue weighted by molar-refractivity contribution is -0.00486. The number of amides is 2. The molecule has 1 rings (SSSR count). The molecule has 0 aromatic heterocycles. The summed E-state index contributed by atoms with van der Waals surface area (Å²) in [7, 11) is -1.40. The number of carbonyl (C=O) groups is 2. The molecule has 0 aliphatic carbocycles. The first kappa shape index (κ1) is 24.8. The normalized spacial score (nSPS) is 21.3. The standard InChI is InChI=1S/C20H40N2O5Si/c1-14(28(5,6)7)12-27-19(25)22-17(21-18(23)24)11-16(20(2,3)4)15-9-8-10-26-13-15/h14-17,21H,8-13H2,1-7H3,(H,22,25)(H,23,24)/t14?,15-,16+,17?/m1/s1. The monoisotopic (exact) mass is 416 g/mol. The smallest absolute Gasteiger partial charge is 0.408 e. The Kier molecular flexibility index (Phi) is 9.27. The van der Waals surface area contributed by atoms with E-state index in [2.05, 4.69) is 58.0 Å². The van der Waals surface area contributed by atoms with Gasteiger partial charge in [-0.1, -0.05) is 47.3 Å². The zero-order valence-corrected chi connectivity index (χ0v) is 19.6. The summed E-state index contributed by atoms with van der Waals surface area (Å²) < 4.78 is 11.0. The fraction of sp³-hybridized carbons (Fsp3) is 0.900. The van der Waals surface area contributed by atoms with Crippen molar-refractivity contribution >= 4 is 20.3 Å². The van der Waals surface area contributed by atoms with Crippen LogP contribution in [-0.4, -0.2) is 51.4 Å². The Hall–Kier alpha value is -1.28. The van der Waals surface area contributed by atoms with Crippen molar-refractivity contribution in [2.75, 3.05) is 19.8 Å². The van der Waals surface area contributed by atoms with Crippen molar-refractivity contribution in [3.05, 3.63) is 0 Å². The molecule has 0 aromatic rings. The van der Waals surface area contributed by atoms with Gasteiger partial charge in [-0.15, -0.1) is 0 Å². The predicted octanol–water partition coefficient (Wildman–Crippen LogP) is 4.51. The van der Waals surface area contributed by atoms with Crippen LogP contribution in [0.2, 0.25) is 25.2 Å². The molecule has 4 atom stereocenters. The van der Waals surface area contributed by atoms with Crippen LogP contribution in [0.5, 0.6) is 0 Å². The summed E-state index contributed by atoms with van der Waals surface area (Å²) in [4.78, 5) is 23.6. The number of hydrogen-bond donors (Lipinski definition) is 3. The second-order valence-corrected chi connectivity index (χ2v) is 15.9. The SMILES string of the molecule is CC(COC(=O)NC(C[C@@H]([C@@H]1CCCOC1)C(C)(C)C)NC(=O)O)[Si](C)(C)C. The minimum Gasteiger partial charge on any atom is -0.465 e. The highest BCUT2D eigenvalue weighted by atomic mass is 28.3. The molecule has 0 aromatic carbocycles. The number of nitrogens with one attached hydrogen (secondary N) is 2. The van der Waals surface area contributed by atoms with Gasteiger partial charge in [0.2, 0.25) is 0 Å². The topological polar surface area (TPSA) is 96.9 Å². The third kappa shape index (κ3) is 8.81. The van der Waals surface area contributed by atoms with Crippen LogP contribution in [0, 0.1) is 17.3 Å². The molecule has 0 saturated carbocycles. The van der Waals surface area contributed by atoms with Crippen molar-refractivity contribution in [3.8, 4) is 0 Å². The van der Waals surface area contributed by atoms with Crippen molar-refractivity contribution in [1.29, 1.82) is 0 Å². The summed E-state index contributed by atoms with van der Waals surface area (Å²) >= 11 is 0. The Labute approximate surface area is 170 Å². The lowest BCUT2D eigenvalue weighted by atomic mass is 9.69. The molecule has 0 spiro atoms.